The molecular weight excluding hydrogens is 254 g/mol. The number of aryl methyl sites for hydroxylation is 2. The summed E-state index contributed by atoms with van der Waals surface area (Å²) < 4.78 is 3.80. The third-order valence-corrected chi connectivity index (χ3v) is 3.99. The van der Waals surface area contributed by atoms with Crippen LogP contribution in [0.5, 0.6) is 0 Å². The lowest BCUT2D eigenvalue weighted by atomic mass is 10.2. The highest BCUT2D eigenvalue weighted by Crippen LogP contribution is 2.24. The van der Waals surface area contributed by atoms with Crippen LogP contribution in [0.4, 0.5) is 5.00 Å². The molecular formula is C10H13N5S2. The van der Waals surface area contributed by atoms with Crippen LogP contribution in [0.3, 0.4) is 0 Å². The van der Waals surface area contributed by atoms with Gasteiger partial charge in [0.05, 0.1) is 0 Å². The van der Waals surface area contributed by atoms with E-state index in [2.05, 4.69) is 19.6 Å². The van der Waals surface area contributed by atoms with Gasteiger partial charge in [-0.3, -0.25) is 0 Å². The number of rotatable bonds is 3. The second-order valence-electron chi connectivity index (χ2n) is 3.67. The Labute approximate surface area is 108 Å². The lowest BCUT2D eigenvalue weighted by Crippen LogP contribution is -1.98. The predicted octanol–water partition coefficient (Wildman–Crippen LogP) is 2.13. The van der Waals surface area contributed by atoms with Crippen molar-refractivity contribution in [1.29, 1.82) is 0 Å². The number of hydrogen-bond acceptors (Lipinski definition) is 7. The Morgan fingerprint density at radius 1 is 1.18 bits per heavy atom. The van der Waals surface area contributed by atoms with E-state index in [1.165, 1.54) is 23.3 Å². The zero-order valence-corrected chi connectivity index (χ0v) is 11.5. The fraction of sp³-hybridized carbons (Fsp3) is 0.400. The van der Waals surface area contributed by atoms with E-state index in [0.29, 0.717) is 10.8 Å². The molecule has 0 aliphatic carbocycles. The summed E-state index contributed by atoms with van der Waals surface area (Å²) in [6.45, 7) is 6.01. The van der Waals surface area contributed by atoms with Crippen molar-refractivity contribution in [3.63, 3.8) is 0 Å². The standard InChI is InChI=1S/C10H13N5S2/c1-5-6(2)12-10(13-7(5)3)16-4-8-9(11)17-15-14-8/h4,11H2,1-3H3. The molecule has 0 fully saturated rings. The lowest BCUT2D eigenvalue weighted by molar-refractivity contribution is 0.880. The van der Waals surface area contributed by atoms with E-state index in [9.17, 15) is 0 Å². The van der Waals surface area contributed by atoms with Crippen LogP contribution in [0, 0.1) is 20.8 Å². The lowest BCUT2D eigenvalue weighted by Gasteiger charge is -2.05. The first-order chi connectivity index (χ1) is 8.08. The summed E-state index contributed by atoms with van der Waals surface area (Å²) in [6, 6.07) is 0. The Morgan fingerprint density at radius 2 is 1.82 bits per heavy atom. The third-order valence-electron chi connectivity index (χ3n) is 2.54. The number of aromatic nitrogens is 4. The average molecular weight is 267 g/mol. The van der Waals surface area contributed by atoms with Crippen molar-refractivity contribution in [1.82, 2.24) is 19.6 Å². The first-order valence-corrected chi connectivity index (χ1v) is 6.85. The maximum atomic E-state index is 5.73. The van der Waals surface area contributed by atoms with E-state index in [0.717, 1.165) is 27.8 Å². The second kappa shape index (κ2) is 4.97. The monoisotopic (exact) mass is 267 g/mol. The predicted molar refractivity (Wildman–Crippen MR) is 70.1 cm³/mol. The molecule has 0 saturated carbocycles. The Hall–Kier alpha value is -1.21. The fourth-order valence-corrected chi connectivity index (χ4v) is 2.67. The van der Waals surface area contributed by atoms with Crippen molar-refractivity contribution in [2.75, 3.05) is 5.73 Å². The number of hydrogen-bond donors (Lipinski definition) is 1. The summed E-state index contributed by atoms with van der Waals surface area (Å²) in [4.78, 5) is 8.86. The molecule has 0 amide bonds. The summed E-state index contributed by atoms with van der Waals surface area (Å²) in [7, 11) is 0. The van der Waals surface area contributed by atoms with Gasteiger partial charge in [-0.15, -0.1) is 5.10 Å². The smallest absolute Gasteiger partial charge is 0.188 e. The highest BCUT2D eigenvalue weighted by molar-refractivity contribution is 7.98. The van der Waals surface area contributed by atoms with Crippen molar-refractivity contribution in [2.45, 2.75) is 31.7 Å². The van der Waals surface area contributed by atoms with Crippen LogP contribution >= 0.6 is 23.3 Å². The molecule has 0 saturated heterocycles. The summed E-state index contributed by atoms with van der Waals surface area (Å²) >= 11 is 2.74. The minimum absolute atomic E-state index is 0.657. The Bertz CT molecular complexity index is 514. The maximum absolute atomic E-state index is 5.73. The molecule has 0 aliphatic rings. The minimum atomic E-state index is 0.657. The van der Waals surface area contributed by atoms with Crippen LogP contribution < -0.4 is 5.73 Å². The quantitative estimate of drug-likeness (QED) is 0.678. The molecule has 0 radical (unpaired) electrons. The number of nitrogen functional groups attached to an aromatic ring is 1. The van der Waals surface area contributed by atoms with Crippen molar-refractivity contribution < 1.29 is 0 Å². The molecule has 0 bridgehead atoms. The molecule has 17 heavy (non-hydrogen) atoms. The van der Waals surface area contributed by atoms with Gasteiger partial charge < -0.3 is 5.73 Å². The van der Waals surface area contributed by atoms with E-state index < -0.39 is 0 Å². The van der Waals surface area contributed by atoms with E-state index >= 15 is 0 Å². The molecule has 2 aromatic heterocycles. The van der Waals surface area contributed by atoms with E-state index in [1.54, 1.807) is 0 Å². The van der Waals surface area contributed by atoms with Crippen LogP contribution in [-0.2, 0) is 5.75 Å². The van der Waals surface area contributed by atoms with Gasteiger partial charge in [0.25, 0.3) is 0 Å². The van der Waals surface area contributed by atoms with Crippen molar-refractivity contribution in [2.24, 2.45) is 0 Å². The molecule has 0 aromatic carbocycles. The van der Waals surface area contributed by atoms with Crippen LogP contribution in [0.1, 0.15) is 22.6 Å². The number of nitrogens with two attached hydrogens (primary N) is 1. The Kier molecular flexibility index (Phi) is 3.58. The Morgan fingerprint density at radius 3 is 2.35 bits per heavy atom. The second-order valence-corrected chi connectivity index (χ2v) is 5.40. The topological polar surface area (TPSA) is 77.6 Å². The fourth-order valence-electron chi connectivity index (χ4n) is 1.25. The van der Waals surface area contributed by atoms with Gasteiger partial charge in [0, 0.05) is 28.7 Å². The first kappa shape index (κ1) is 12.3. The number of thioether (sulfide) groups is 1. The highest BCUT2D eigenvalue weighted by atomic mass is 32.2. The molecule has 0 atom stereocenters. The summed E-state index contributed by atoms with van der Waals surface area (Å²) in [5.74, 6) is 0.657. The van der Waals surface area contributed by atoms with E-state index in [1.807, 2.05) is 20.8 Å². The van der Waals surface area contributed by atoms with E-state index in [4.69, 9.17) is 5.73 Å². The highest BCUT2D eigenvalue weighted by Gasteiger charge is 2.08. The number of anilines is 1. The molecule has 2 N–H and O–H groups in total. The van der Waals surface area contributed by atoms with E-state index in [-0.39, 0.29) is 0 Å². The van der Waals surface area contributed by atoms with Gasteiger partial charge in [0.1, 0.15) is 10.7 Å². The van der Waals surface area contributed by atoms with Crippen molar-refractivity contribution >= 4 is 28.3 Å². The molecule has 0 spiro atoms. The van der Waals surface area contributed by atoms with Gasteiger partial charge in [-0.25, -0.2) is 9.97 Å². The maximum Gasteiger partial charge on any atom is 0.188 e. The summed E-state index contributed by atoms with van der Waals surface area (Å²) in [5.41, 5.74) is 9.71. The van der Waals surface area contributed by atoms with Gasteiger partial charge in [-0.1, -0.05) is 16.3 Å². The van der Waals surface area contributed by atoms with Gasteiger partial charge in [0.2, 0.25) is 0 Å². The molecule has 2 aromatic rings. The third kappa shape index (κ3) is 2.73. The zero-order chi connectivity index (χ0) is 12.4. The summed E-state index contributed by atoms with van der Waals surface area (Å²) in [6.07, 6.45) is 0. The SMILES string of the molecule is Cc1nc(SCc2nnsc2N)nc(C)c1C. The average Bonchev–Trinajstić information content (AvgIpc) is 2.69. The zero-order valence-electron chi connectivity index (χ0n) is 9.89. The largest absolute Gasteiger partial charge is 0.388 e. The van der Waals surface area contributed by atoms with Gasteiger partial charge in [-0.2, -0.15) is 0 Å². The Balaban J connectivity index is 2.12. The normalized spacial score (nSPS) is 10.8. The van der Waals surface area contributed by atoms with Crippen molar-refractivity contribution in [3.05, 3.63) is 22.6 Å². The first-order valence-electron chi connectivity index (χ1n) is 5.09. The van der Waals surface area contributed by atoms with Crippen LogP contribution in [0.15, 0.2) is 5.16 Å². The van der Waals surface area contributed by atoms with Gasteiger partial charge >= 0.3 is 0 Å². The minimum Gasteiger partial charge on any atom is -0.388 e. The molecule has 7 heteroatoms. The molecule has 2 rings (SSSR count). The van der Waals surface area contributed by atoms with Gasteiger partial charge in [0.15, 0.2) is 5.16 Å². The van der Waals surface area contributed by atoms with Crippen LogP contribution in [0.2, 0.25) is 0 Å². The van der Waals surface area contributed by atoms with Crippen LogP contribution in [0.25, 0.3) is 0 Å². The molecule has 5 nitrogen and oxygen atoms in total. The number of nitrogens with zero attached hydrogens (tertiary/aromatic N) is 4. The van der Waals surface area contributed by atoms with Crippen molar-refractivity contribution in [3.8, 4) is 0 Å². The molecule has 90 valence electrons. The molecule has 0 aliphatic heterocycles. The van der Waals surface area contributed by atoms with Crippen LogP contribution in [-0.4, -0.2) is 19.6 Å². The molecule has 2 heterocycles. The summed E-state index contributed by atoms with van der Waals surface area (Å²) in [5, 5.41) is 5.39. The molecule has 0 unspecified atom stereocenters. The van der Waals surface area contributed by atoms with Gasteiger partial charge in [-0.05, 0) is 26.3 Å².